The largest absolute Gasteiger partial charge is 0.322 e. The van der Waals surface area contributed by atoms with E-state index >= 15 is 0 Å². The molecule has 0 aromatic heterocycles. The topological polar surface area (TPSA) is 20.3 Å². The van der Waals surface area contributed by atoms with Crippen molar-refractivity contribution in [2.45, 2.75) is 5.37 Å². The first-order valence-electron chi connectivity index (χ1n) is 7.15. The molecule has 0 N–H and O–H groups in total. The Bertz CT molecular complexity index is 686. The Labute approximate surface area is 133 Å². The first kappa shape index (κ1) is 14.9. The van der Waals surface area contributed by atoms with E-state index < -0.39 is 0 Å². The molecule has 0 saturated carbocycles. The van der Waals surface area contributed by atoms with Crippen LogP contribution in [0.2, 0.25) is 0 Å². The van der Waals surface area contributed by atoms with Crippen LogP contribution in [0.25, 0.3) is 6.08 Å². The molecule has 0 unspecified atom stereocenters. The summed E-state index contributed by atoms with van der Waals surface area (Å²) in [6, 6.07) is 16.2. The van der Waals surface area contributed by atoms with Crippen LogP contribution in [0.4, 0.5) is 4.39 Å². The van der Waals surface area contributed by atoms with Crippen LogP contribution in [-0.4, -0.2) is 23.1 Å². The maximum atomic E-state index is 13.4. The molecule has 112 valence electrons. The Morgan fingerprint density at radius 2 is 2.00 bits per heavy atom. The second-order valence-corrected chi connectivity index (χ2v) is 6.24. The van der Waals surface area contributed by atoms with Gasteiger partial charge >= 0.3 is 0 Å². The van der Waals surface area contributed by atoms with Crippen LogP contribution in [0.3, 0.4) is 0 Å². The second kappa shape index (κ2) is 6.79. The molecule has 4 heteroatoms. The van der Waals surface area contributed by atoms with E-state index in [0.717, 1.165) is 16.9 Å². The summed E-state index contributed by atoms with van der Waals surface area (Å²) in [7, 11) is 0. The van der Waals surface area contributed by atoms with Crippen molar-refractivity contribution < 1.29 is 9.18 Å². The predicted molar refractivity (Wildman–Crippen MR) is 88.8 cm³/mol. The van der Waals surface area contributed by atoms with Crippen LogP contribution in [-0.2, 0) is 4.79 Å². The Hall–Kier alpha value is -2.07. The highest BCUT2D eigenvalue weighted by Crippen LogP contribution is 2.38. The zero-order valence-electron chi connectivity index (χ0n) is 12.0. The van der Waals surface area contributed by atoms with Gasteiger partial charge in [-0.05, 0) is 29.3 Å². The van der Waals surface area contributed by atoms with E-state index in [1.807, 2.05) is 42.5 Å². The first-order chi connectivity index (χ1) is 10.7. The maximum Gasteiger partial charge on any atom is 0.247 e. The van der Waals surface area contributed by atoms with Gasteiger partial charge in [-0.3, -0.25) is 4.79 Å². The fourth-order valence-corrected chi connectivity index (χ4v) is 3.71. The van der Waals surface area contributed by atoms with Crippen molar-refractivity contribution in [3.63, 3.8) is 0 Å². The second-order valence-electron chi connectivity index (χ2n) is 5.05. The third-order valence-electron chi connectivity index (χ3n) is 3.53. The summed E-state index contributed by atoms with van der Waals surface area (Å²) >= 11 is 1.67. The van der Waals surface area contributed by atoms with Gasteiger partial charge in [0.15, 0.2) is 0 Å². The molecule has 0 aliphatic carbocycles. The summed E-state index contributed by atoms with van der Waals surface area (Å²) in [5, 5.41) is -0.108. The van der Waals surface area contributed by atoms with Gasteiger partial charge in [0.2, 0.25) is 5.91 Å². The minimum atomic E-state index is -0.266. The van der Waals surface area contributed by atoms with Gasteiger partial charge < -0.3 is 4.90 Å². The number of carbonyl (C=O) groups is 1. The van der Waals surface area contributed by atoms with Crippen LogP contribution in [0.15, 0.2) is 60.7 Å². The zero-order valence-corrected chi connectivity index (χ0v) is 12.8. The smallest absolute Gasteiger partial charge is 0.247 e. The van der Waals surface area contributed by atoms with Crippen LogP contribution in [0.5, 0.6) is 0 Å². The van der Waals surface area contributed by atoms with Crippen LogP contribution >= 0.6 is 11.8 Å². The third-order valence-corrected chi connectivity index (χ3v) is 4.79. The molecule has 3 rings (SSSR count). The number of carbonyl (C=O) groups excluding carboxylic acids is 1. The summed E-state index contributed by atoms with van der Waals surface area (Å²) in [6.07, 6.45) is 3.40. The normalized spacial score (nSPS) is 18.0. The van der Waals surface area contributed by atoms with Crippen LogP contribution < -0.4 is 0 Å². The average Bonchev–Trinajstić information content (AvgIpc) is 3.03. The van der Waals surface area contributed by atoms with Gasteiger partial charge in [0.25, 0.3) is 0 Å². The molecule has 1 amide bonds. The highest BCUT2D eigenvalue weighted by molar-refractivity contribution is 7.99. The summed E-state index contributed by atoms with van der Waals surface area (Å²) < 4.78 is 13.4. The van der Waals surface area contributed by atoms with Gasteiger partial charge in [0.05, 0.1) is 0 Å². The Morgan fingerprint density at radius 3 is 2.77 bits per heavy atom. The average molecular weight is 313 g/mol. The number of rotatable bonds is 3. The van der Waals surface area contributed by atoms with Crippen molar-refractivity contribution in [1.82, 2.24) is 4.90 Å². The molecule has 1 saturated heterocycles. The lowest BCUT2D eigenvalue weighted by molar-refractivity contribution is -0.126. The van der Waals surface area contributed by atoms with Crippen LogP contribution in [0.1, 0.15) is 16.5 Å². The fourth-order valence-electron chi connectivity index (χ4n) is 2.46. The summed E-state index contributed by atoms with van der Waals surface area (Å²) in [6.45, 7) is 0.684. The van der Waals surface area contributed by atoms with Crippen molar-refractivity contribution >= 4 is 23.7 Å². The lowest BCUT2D eigenvalue weighted by atomic mass is 10.2. The zero-order chi connectivity index (χ0) is 15.4. The van der Waals surface area contributed by atoms with Crippen molar-refractivity contribution in [3.8, 4) is 0 Å². The maximum absolute atomic E-state index is 13.4. The van der Waals surface area contributed by atoms with E-state index in [2.05, 4.69) is 0 Å². The molecule has 1 atom stereocenters. The monoisotopic (exact) mass is 313 g/mol. The van der Waals surface area contributed by atoms with Gasteiger partial charge in [-0.25, -0.2) is 4.39 Å². The molecule has 2 aromatic rings. The fraction of sp³-hybridized carbons (Fsp3) is 0.167. The number of thioether (sulfide) groups is 1. The van der Waals surface area contributed by atoms with E-state index in [1.165, 1.54) is 12.1 Å². The highest BCUT2D eigenvalue weighted by atomic mass is 32.2. The highest BCUT2D eigenvalue weighted by Gasteiger charge is 2.29. The molecule has 2 aromatic carbocycles. The molecule has 1 fully saturated rings. The Balaban J connectivity index is 1.75. The number of amides is 1. The molecule has 2 nitrogen and oxygen atoms in total. The number of halogens is 1. The van der Waals surface area contributed by atoms with Crippen LogP contribution in [0, 0.1) is 5.82 Å². The van der Waals surface area contributed by atoms with E-state index in [0.29, 0.717) is 6.54 Å². The molecule has 1 aliphatic heterocycles. The Morgan fingerprint density at radius 1 is 1.18 bits per heavy atom. The predicted octanol–water partition coefficient (Wildman–Crippen LogP) is 4.11. The van der Waals surface area contributed by atoms with Crippen molar-refractivity contribution in [2.24, 2.45) is 0 Å². The minimum absolute atomic E-state index is 0.0388. The summed E-state index contributed by atoms with van der Waals surface area (Å²) in [4.78, 5) is 14.2. The van der Waals surface area contributed by atoms with E-state index in [4.69, 9.17) is 0 Å². The van der Waals surface area contributed by atoms with E-state index in [9.17, 15) is 9.18 Å². The standard InChI is InChI=1S/C18H16FNOS/c19-16-8-4-7-15(13-16)18-20(11-12-22-18)17(21)10-9-14-5-2-1-3-6-14/h1-10,13,18H,11-12H2/b10-9+/t18-/m0/s1. The lowest BCUT2D eigenvalue weighted by Gasteiger charge is -2.22. The number of benzene rings is 2. The Kier molecular flexibility index (Phi) is 4.59. The molecular formula is C18H16FNOS. The molecule has 22 heavy (non-hydrogen) atoms. The van der Waals surface area contributed by atoms with Gasteiger partial charge in [-0.2, -0.15) is 0 Å². The van der Waals surface area contributed by atoms with Gasteiger partial charge in [0.1, 0.15) is 11.2 Å². The van der Waals surface area contributed by atoms with E-state index in [-0.39, 0.29) is 17.1 Å². The number of hydrogen-bond acceptors (Lipinski definition) is 2. The van der Waals surface area contributed by atoms with E-state index in [1.54, 1.807) is 28.8 Å². The van der Waals surface area contributed by atoms with Gasteiger partial charge in [-0.15, -0.1) is 11.8 Å². The molecule has 0 radical (unpaired) electrons. The molecule has 1 aliphatic rings. The summed E-state index contributed by atoms with van der Waals surface area (Å²) in [5.41, 5.74) is 1.83. The molecular weight excluding hydrogens is 297 g/mol. The van der Waals surface area contributed by atoms with Crippen molar-refractivity contribution in [2.75, 3.05) is 12.3 Å². The van der Waals surface area contributed by atoms with Gasteiger partial charge in [0, 0.05) is 18.4 Å². The van der Waals surface area contributed by atoms with Crippen molar-refractivity contribution in [3.05, 3.63) is 77.6 Å². The third kappa shape index (κ3) is 3.39. The first-order valence-corrected chi connectivity index (χ1v) is 8.20. The summed E-state index contributed by atoms with van der Waals surface area (Å²) in [5.74, 6) is 0.562. The number of nitrogens with zero attached hydrogens (tertiary/aromatic N) is 1. The minimum Gasteiger partial charge on any atom is -0.322 e. The molecule has 1 heterocycles. The SMILES string of the molecule is O=C(/C=C/c1ccccc1)N1CCS[C@H]1c1cccc(F)c1. The molecule has 0 spiro atoms. The van der Waals surface area contributed by atoms with Crippen molar-refractivity contribution in [1.29, 1.82) is 0 Å². The lowest BCUT2D eigenvalue weighted by Crippen LogP contribution is -2.28. The number of hydrogen-bond donors (Lipinski definition) is 0. The molecule has 0 bridgehead atoms. The van der Waals surface area contributed by atoms with Gasteiger partial charge in [-0.1, -0.05) is 42.5 Å². The quantitative estimate of drug-likeness (QED) is 0.795.